The van der Waals surface area contributed by atoms with E-state index in [1.807, 2.05) is 0 Å². The summed E-state index contributed by atoms with van der Waals surface area (Å²) < 4.78 is 6.00. The van der Waals surface area contributed by atoms with Crippen molar-refractivity contribution in [2.45, 2.75) is 76.5 Å². The summed E-state index contributed by atoms with van der Waals surface area (Å²) in [5, 5.41) is 0. The van der Waals surface area contributed by atoms with Gasteiger partial charge in [0.15, 0.2) is 0 Å². The second-order valence-corrected chi connectivity index (χ2v) is 7.27. The topological polar surface area (TPSA) is 38.5 Å². The Morgan fingerprint density at radius 1 is 1.15 bits per heavy atom. The fourth-order valence-electron chi connectivity index (χ4n) is 4.67. The second kappa shape index (κ2) is 6.76. The fraction of sp³-hybridized carbons (Fsp3) is 1.00. The van der Waals surface area contributed by atoms with Crippen LogP contribution in [0.1, 0.15) is 58.3 Å². The van der Waals surface area contributed by atoms with Crippen LogP contribution in [-0.4, -0.2) is 42.8 Å². The van der Waals surface area contributed by atoms with Crippen molar-refractivity contribution in [3.05, 3.63) is 0 Å². The molecule has 2 saturated carbocycles. The van der Waals surface area contributed by atoms with Crippen molar-refractivity contribution in [3.63, 3.8) is 0 Å². The zero-order valence-corrected chi connectivity index (χ0v) is 13.1. The molecule has 0 aromatic rings. The van der Waals surface area contributed by atoms with Gasteiger partial charge < -0.3 is 10.5 Å². The minimum atomic E-state index is 0.433. The smallest absolute Gasteiger partial charge is 0.0730 e. The molecule has 3 rings (SSSR count). The average molecular weight is 280 g/mol. The van der Waals surface area contributed by atoms with Crippen molar-refractivity contribution in [3.8, 4) is 0 Å². The van der Waals surface area contributed by atoms with Gasteiger partial charge in [-0.05, 0) is 43.9 Å². The van der Waals surface area contributed by atoms with Gasteiger partial charge in [0.25, 0.3) is 0 Å². The summed E-state index contributed by atoms with van der Waals surface area (Å²) in [6, 6.07) is 1.12. The zero-order valence-electron chi connectivity index (χ0n) is 13.1. The van der Waals surface area contributed by atoms with E-state index < -0.39 is 0 Å². The number of fused-ring (bicyclic) bond motifs is 1. The Balaban J connectivity index is 1.60. The Labute approximate surface area is 124 Å². The lowest BCUT2D eigenvalue weighted by Gasteiger charge is -2.46. The Bertz CT molecular complexity index is 307. The molecular weight excluding hydrogens is 248 g/mol. The molecule has 20 heavy (non-hydrogen) atoms. The lowest BCUT2D eigenvalue weighted by molar-refractivity contribution is -0.0945. The van der Waals surface area contributed by atoms with Crippen LogP contribution in [0.2, 0.25) is 0 Å². The molecule has 3 nitrogen and oxygen atoms in total. The molecule has 0 aromatic carbocycles. The number of hydrogen-bond donors (Lipinski definition) is 1. The van der Waals surface area contributed by atoms with E-state index in [1.165, 1.54) is 57.9 Å². The first-order valence-corrected chi connectivity index (χ1v) is 8.89. The summed E-state index contributed by atoms with van der Waals surface area (Å²) in [4.78, 5) is 2.73. The molecule has 3 heteroatoms. The first-order valence-electron chi connectivity index (χ1n) is 8.89. The van der Waals surface area contributed by atoms with Gasteiger partial charge in [-0.3, -0.25) is 4.90 Å². The highest BCUT2D eigenvalue weighted by Gasteiger charge is 2.37. The van der Waals surface area contributed by atoms with Crippen LogP contribution in [-0.2, 0) is 4.74 Å². The molecule has 5 atom stereocenters. The molecule has 116 valence electrons. The zero-order chi connectivity index (χ0) is 13.9. The summed E-state index contributed by atoms with van der Waals surface area (Å²) in [5.74, 6) is 1.64. The van der Waals surface area contributed by atoms with Crippen LogP contribution in [0.3, 0.4) is 0 Å². The molecule has 5 unspecified atom stereocenters. The van der Waals surface area contributed by atoms with Crippen molar-refractivity contribution in [2.24, 2.45) is 17.6 Å². The van der Waals surface area contributed by atoms with Crippen molar-refractivity contribution in [1.82, 2.24) is 4.90 Å². The van der Waals surface area contributed by atoms with E-state index in [0.29, 0.717) is 18.2 Å². The third-order valence-corrected chi connectivity index (χ3v) is 6.04. The predicted octanol–water partition coefficient (Wildman–Crippen LogP) is 2.78. The SMILES string of the molecule is CCC1CCC(N)C(CN2CCOC3CCCCC32)C1. The summed E-state index contributed by atoms with van der Waals surface area (Å²) in [6.45, 7) is 5.62. The second-order valence-electron chi connectivity index (χ2n) is 7.27. The Kier molecular flexibility index (Phi) is 5.00. The molecular formula is C17H32N2O. The Morgan fingerprint density at radius 2 is 2.00 bits per heavy atom. The maximum absolute atomic E-state index is 6.42. The number of hydrogen-bond acceptors (Lipinski definition) is 3. The van der Waals surface area contributed by atoms with E-state index in [9.17, 15) is 0 Å². The van der Waals surface area contributed by atoms with Gasteiger partial charge in [-0.1, -0.05) is 26.2 Å². The summed E-state index contributed by atoms with van der Waals surface area (Å²) in [5.41, 5.74) is 6.42. The van der Waals surface area contributed by atoms with Crippen LogP contribution in [0.5, 0.6) is 0 Å². The molecule has 0 bridgehead atoms. The Morgan fingerprint density at radius 3 is 2.85 bits per heavy atom. The van der Waals surface area contributed by atoms with Crippen LogP contribution in [0, 0.1) is 11.8 Å². The van der Waals surface area contributed by atoms with Crippen LogP contribution in [0.4, 0.5) is 0 Å². The lowest BCUT2D eigenvalue weighted by Crippen LogP contribution is -2.55. The fourth-order valence-corrected chi connectivity index (χ4v) is 4.67. The van der Waals surface area contributed by atoms with Crippen LogP contribution in [0.15, 0.2) is 0 Å². The molecule has 1 heterocycles. The molecule has 1 saturated heterocycles. The maximum atomic E-state index is 6.42. The van der Waals surface area contributed by atoms with Crippen molar-refractivity contribution in [1.29, 1.82) is 0 Å². The monoisotopic (exact) mass is 280 g/mol. The van der Waals surface area contributed by atoms with Gasteiger partial charge in [-0.2, -0.15) is 0 Å². The number of morpholine rings is 1. The molecule has 1 aliphatic heterocycles. The predicted molar refractivity (Wildman–Crippen MR) is 82.7 cm³/mol. The number of rotatable bonds is 3. The molecule has 0 aromatic heterocycles. The summed E-state index contributed by atoms with van der Waals surface area (Å²) in [6.07, 6.45) is 11.1. The number of ether oxygens (including phenoxy) is 1. The minimum absolute atomic E-state index is 0.433. The first kappa shape index (κ1) is 14.8. The largest absolute Gasteiger partial charge is 0.375 e. The van der Waals surface area contributed by atoms with Gasteiger partial charge >= 0.3 is 0 Å². The van der Waals surface area contributed by atoms with Crippen molar-refractivity contribution in [2.75, 3.05) is 19.7 Å². The molecule has 0 radical (unpaired) electrons. The standard InChI is InChI=1S/C17H32N2O/c1-2-13-7-8-15(18)14(11-13)12-19-9-10-20-17-6-4-3-5-16(17)19/h13-17H,2-12,18H2,1H3. The maximum Gasteiger partial charge on any atom is 0.0730 e. The number of nitrogens with two attached hydrogens (primary N) is 1. The lowest BCUT2D eigenvalue weighted by atomic mass is 9.76. The van der Waals surface area contributed by atoms with Crippen molar-refractivity contribution < 1.29 is 4.74 Å². The van der Waals surface area contributed by atoms with Gasteiger partial charge in [0, 0.05) is 25.2 Å². The minimum Gasteiger partial charge on any atom is -0.375 e. The highest BCUT2D eigenvalue weighted by molar-refractivity contribution is 4.91. The molecule has 2 N–H and O–H groups in total. The van der Waals surface area contributed by atoms with Gasteiger partial charge in [-0.15, -0.1) is 0 Å². The first-order chi connectivity index (χ1) is 9.78. The van der Waals surface area contributed by atoms with Crippen LogP contribution in [0.25, 0.3) is 0 Å². The van der Waals surface area contributed by atoms with E-state index in [4.69, 9.17) is 10.5 Å². The van der Waals surface area contributed by atoms with Gasteiger partial charge in [0.05, 0.1) is 12.7 Å². The normalized spacial score (nSPS) is 43.2. The van der Waals surface area contributed by atoms with Gasteiger partial charge in [-0.25, -0.2) is 0 Å². The highest BCUT2D eigenvalue weighted by atomic mass is 16.5. The van der Waals surface area contributed by atoms with E-state index in [1.54, 1.807) is 0 Å². The quantitative estimate of drug-likeness (QED) is 0.864. The van der Waals surface area contributed by atoms with E-state index in [2.05, 4.69) is 11.8 Å². The number of nitrogens with zero attached hydrogens (tertiary/aromatic N) is 1. The molecule has 3 aliphatic rings. The van der Waals surface area contributed by atoms with E-state index in [-0.39, 0.29) is 0 Å². The third kappa shape index (κ3) is 3.20. The molecule has 3 fully saturated rings. The summed E-state index contributed by atoms with van der Waals surface area (Å²) in [7, 11) is 0. The Hall–Kier alpha value is -0.120. The average Bonchev–Trinajstić information content (AvgIpc) is 2.50. The van der Waals surface area contributed by atoms with Crippen molar-refractivity contribution >= 4 is 0 Å². The molecule has 0 spiro atoms. The molecule has 2 aliphatic carbocycles. The van der Waals surface area contributed by atoms with Gasteiger partial charge in [0.2, 0.25) is 0 Å². The molecule has 0 amide bonds. The van der Waals surface area contributed by atoms with E-state index >= 15 is 0 Å². The van der Waals surface area contributed by atoms with Crippen LogP contribution >= 0.6 is 0 Å². The van der Waals surface area contributed by atoms with E-state index in [0.717, 1.165) is 25.0 Å². The summed E-state index contributed by atoms with van der Waals surface area (Å²) >= 11 is 0. The van der Waals surface area contributed by atoms with Crippen LogP contribution < -0.4 is 5.73 Å². The van der Waals surface area contributed by atoms with Gasteiger partial charge in [0.1, 0.15) is 0 Å². The third-order valence-electron chi connectivity index (χ3n) is 6.04. The highest BCUT2D eigenvalue weighted by Crippen LogP contribution is 2.34.